The Morgan fingerprint density at radius 1 is 1.06 bits per heavy atom. The minimum Gasteiger partial charge on any atom is -0.267 e. The number of fused-ring (bicyclic) bond motifs is 1. The average molecular weight is 257 g/mol. The zero-order chi connectivity index (χ0) is 12.5. The van der Waals surface area contributed by atoms with Gasteiger partial charge in [-0.05, 0) is 24.3 Å². The molecule has 0 spiro atoms. The zero-order valence-electron chi connectivity index (χ0n) is 9.38. The average Bonchev–Trinajstić information content (AvgIpc) is 2.41. The molecule has 4 heteroatoms. The van der Waals surface area contributed by atoms with Crippen LogP contribution in [-0.2, 0) is 0 Å². The van der Waals surface area contributed by atoms with Gasteiger partial charge in [-0.2, -0.15) is 9.78 Å². The Labute approximate surface area is 108 Å². The largest absolute Gasteiger partial charge is 0.279 e. The molecule has 0 radical (unpaired) electrons. The number of hydrogen-bond donors (Lipinski definition) is 0. The maximum absolute atomic E-state index is 12.3. The molecule has 0 saturated heterocycles. The molecule has 3 nitrogen and oxygen atoms in total. The Hall–Kier alpha value is -2.13. The molecule has 1 aromatic heterocycles. The molecule has 0 N–H and O–H groups in total. The Morgan fingerprint density at radius 2 is 1.83 bits per heavy atom. The van der Waals surface area contributed by atoms with Gasteiger partial charge in [0.25, 0.3) is 5.56 Å². The van der Waals surface area contributed by atoms with Crippen molar-refractivity contribution in [1.82, 2.24) is 9.78 Å². The van der Waals surface area contributed by atoms with Crippen molar-refractivity contribution in [2.24, 2.45) is 0 Å². The van der Waals surface area contributed by atoms with Crippen LogP contribution in [0, 0.1) is 0 Å². The number of aromatic nitrogens is 2. The first kappa shape index (κ1) is 11.0. The van der Waals surface area contributed by atoms with Crippen LogP contribution in [0.1, 0.15) is 0 Å². The summed E-state index contributed by atoms with van der Waals surface area (Å²) in [6, 6.07) is 14.5. The van der Waals surface area contributed by atoms with Crippen LogP contribution in [0.25, 0.3) is 16.5 Å². The Bertz CT molecular complexity index is 766. The van der Waals surface area contributed by atoms with Gasteiger partial charge >= 0.3 is 0 Å². The molecular formula is C14H9ClN2O. The maximum Gasteiger partial charge on any atom is 0.279 e. The van der Waals surface area contributed by atoms with E-state index in [1.807, 2.05) is 30.3 Å². The van der Waals surface area contributed by atoms with Gasteiger partial charge in [0.05, 0.1) is 17.3 Å². The van der Waals surface area contributed by atoms with E-state index < -0.39 is 0 Å². The Balaban J connectivity index is 2.33. The second-order valence-electron chi connectivity index (χ2n) is 3.93. The lowest BCUT2D eigenvalue weighted by Crippen LogP contribution is -2.20. The molecule has 0 saturated carbocycles. The van der Waals surface area contributed by atoms with Crippen LogP contribution in [0.4, 0.5) is 0 Å². The second kappa shape index (κ2) is 4.27. The first-order valence-corrected chi connectivity index (χ1v) is 5.86. The fourth-order valence-corrected chi connectivity index (χ4v) is 2.04. The third-order valence-corrected chi connectivity index (χ3v) is 2.99. The fourth-order valence-electron chi connectivity index (χ4n) is 1.87. The van der Waals surface area contributed by atoms with Crippen molar-refractivity contribution < 1.29 is 0 Å². The standard InChI is InChI=1S/C14H9ClN2O/c15-11-7-6-10-9-16-17(14(18)13(10)8-11)12-4-2-1-3-5-12/h1-9H. The number of nitrogens with zero attached hydrogens (tertiary/aromatic N) is 2. The first-order chi connectivity index (χ1) is 8.75. The summed E-state index contributed by atoms with van der Waals surface area (Å²) in [4.78, 5) is 12.3. The SMILES string of the molecule is O=c1c2cc(Cl)ccc2cnn1-c1ccccc1. The number of benzene rings is 2. The molecule has 0 atom stereocenters. The van der Waals surface area contributed by atoms with E-state index in [4.69, 9.17) is 11.6 Å². The van der Waals surface area contributed by atoms with E-state index in [0.717, 1.165) is 11.1 Å². The first-order valence-electron chi connectivity index (χ1n) is 5.49. The van der Waals surface area contributed by atoms with Gasteiger partial charge in [-0.3, -0.25) is 4.79 Å². The van der Waals surface area contributed by atoms with Crippen molar-refractivity contribution >= 4 is 22.4 Å². The van der Waals surface area contributed by atoms with Gasteiger partial charge in [-0.25, -0.2) is 0 Å². The van der Waals surface area contributed by atoms with Crippen LogP contribution in [0.15, 0.2) is 59.5 Å². The molecule has 18 heavy (non-hydrogen) atoms. The van der Waals surface area contributed by atoms with Crippen molar-refractivity contribution in [2.45, 2.75) is 0 Å². The number of hydrogen-bond acceptors (Lipinski definition) is 2. The predicted octanol–water partition coefficient (Wildman–Crippen LogP) is 3.04. The molecule has 88 valence electrons. The predicted molar refractivity (Wildman–Crippen MR) is 72.4 cm³/mol. The molecule has 0 aliphatic heterocycles. The van der Waals surface area contributed by atoms with Gasteiger partial charge < -0.3 is 0 Å². The van der Waals surface area contributed by atoms with Gasteiger partial charge in [0.2, 0.25) is 0 Å². The molecule has 0 unspecified atom stereocenters. The lowest BCUT2D eigenvalue weighted by atomic mass is 10.2. The van der Waals surface area contributed by atoms with E-state index in [2.05, 4.69) is 5.10 Å². The highest BCUT2D eigenvalue weighted by atomic mass is 35.5. The van der Waals surface area contributed by atoms with Crippen molar-refractivity contribution in [3.63, 3.8) is 0 Å². The third-order valence-electron chi connectivity index (χ3n) is 2.75. The molecule has 3 aromatic rings. The molecular weight excluding hydrogens is 248 g/mol. The summed E-state index contributed by atoms with van der Waals surface area (Å²) in [5, 5.41) is 6.07. The number of para-hydroxylation sites is 1. The van der Waals surface area contributed by atoms with E-state index in [0.29, 0.717) is 10.4 Å². The van der Waals surface area contributed by atoms with Gasteiger partial charge in [0, 0.05) is 10.4 Å². The van der Waals surface area contributed by atoms with Crippen molar-refractivity contribution in [3.05, 3.63) is 70.1 Å². The molecule has 1 heterocycles. The molecule has 0 bridgehead atoms. The molecule has 0 aliphatic carbocycles. The monoisotopic (exact) mass is 256 g/mol. The summed E-state index contributed by atoms with van der Waals surface area (Å²) < 4.78 is 1.37. The number of halogens is 1. The van der Waals surface area contributed by atoms with Gasteiger partial charge in [0.15, 0.2) is 0 Å². The van der Waals surface area contributed by atoms with E-state index in [1.54, 1.807) is 24.4 Å². The molecule has 2 aromatic carbocycles. The summed E-state index contributed by atoms with van der Waals surface area (Å²) in [6.07, 6.45) is 1.67. The highest BCUT2D eigenvalue weighted by molar-refractivity contribution is 6.31. The maximum atomic E-state index is 12.3. The molecule has 0 aliphatic rings. The summed E-state index contributed by atoms with van der Waals surface area (Å²) in [6.45, 7) is 0. The summed E-state index contributed by atoms with van der Waals surface area (Å²) >= 11 is 5.92. The lowest BCUT2D eigenvalue weighted by Gasteiger charge is -2.05. The molecule has 0 amide bonds. The fraction of sp³-hybridized carbons (Fsp3) is 0. The summed E-state index contributed by atoms with van der Waals surface area (Å²) in [5.41, 5.74) is 0.575. The quantitative estimate of drug-likeness (QED) is 0.671. The zero-order valence-corrected chi connectivity index (χ0v) is 10.1. The Morgan fingerprint density at radius 3 is 2.61 bits per heavy atom. The topological polar surface area (TPSA) is 34.9 Å². The smallest absolute Gasteiger partial charge is 0.267 e. The van der Waals surface area contributed by atoms with Crippen LogP contribution in [-0.4, -0.2) is 9.78 Å². The normalized spacial score (nSPS) is 10.7. The second-order valence-corrected chi connectivity index (χ2v) is 4.37. The molecule has 0 fully saturated rings. The van der Waals surface area contributed by atoms with Crippen molar-refractivity contribution in [3.8, 4) is 5.69 Å². The van der Waals surface area contributed by atoms with E-state index in [9.17, 15) is 4.79 Å². The minimum atomic E-state index is -0.166. The highest BCUT2D eigenvalue weighted by Crippen LogP contribution is 2.15. The van der Waals surface area contributed by atoms with Crippen LogP contribution < -0.4 is 5.56 Å². The highest BCUT2D eigenvalue weighted by Gasteiger charge is 2.05. The van der Waals surface area contributed by atoms with Gasteiger partial charge in [-0.15, -0.1) is 0 Å². The third kappa shape index (κ3) is 1.79. The minimum absolute atomic E-state index is 0.166. The van der Waals surface area contributed by atoms with Crippen LogP contribution >= 0.6 is 11.6 Å². The van der Waals surface area contributed by atoms with Crippen molar-refractivity contribution in [1.29, 1.82) is 0 Å². The van der Waals surface area contributed by atoms with Crippen LogP contribution in [0.5, 0.6) is 0 Å². The number of rotatable bonds is 1. The van der Waals surface area contributed by atoms with Gasteiger partial charge in [0.1, 0.15) is 0 Å². The van der Waals surface area contributed by atoms with Crippen molar-refractivity contribution in [2.75, 3.05) is 0 Å². The summed E-state index contributed by atoms with van der Waals surface area (Å²) in [7, 11) is 0. The van der Waals surface area contributed by atoms with E-state index in [-0.39, 0.29) is 5.56 Å². The lowest BCUT2D eigenvalue weighted by molar-refractivity contribution is 0.821. The van der Waals surface area contributed by atoms with Gasteiger partial charge in [-0.1, -0.05) is 35.9 Å². The van der Waals surface area contributed by atoms with E-state index >= 15 is 0 Å². The Kier molecular flexibility index (Phi) is 2.61. The van der Waals surface area contributed by atoms with E-state index in [1.165, 1.54) is 4.68 Å². The molecule has 3 rings (SSSR count). The summed E-state index contributed by atoms with van der Waals surface area (Å²) in [5.74, 6) is 0. The van der Waals surface area contributed by atoms with Crippen LogP contribution in [0.3, 0.4) is 0 Å². The van der Waals surface area contributed by atoms with Crippen LogP contribution in [0.2, 0.25) is 5.02 Å².